The molecule has 0 radical (unpaired) electrons. The van der Waals surface area contributed by atoms with Gasteiger partial charge in [-0.2, -0.15) is 0 Å². The Balaban J connectivity index is 1.65. The van der Waals surface area contributed by atoms with Crippen molar-refractivity contribution in [3.05, 3.63) is 63.5 Å². The van der Waals surface area contributed by atoms with E-state index in [4.69, 9.17) is 4.74 Å². The fraction of sp³-hybridized carbons (Fsp3) is 0.167. The average Bonchev–Trinajstić information content (AvgIpc) is 3.25. The second-order valence-corrected chi connectivity index (χ2v) is 7.14. The third kappa shape index (κ3) is 3.60. The van der Waals surface area contributed by atoms with E-state index in [0.717, 1.165) is 21.0 Å². The lowest BCUT2D eigenvalue weighted by Crippen LogP contribution is -2.15. The van der Waals surface area contributed by atoms with Crippen LogP contribution in [0.1, 0.15) is 32.0 Å². The number of rotatable bonds is 5. The lowest BCUT2D eigenvalue weighted by atomic mass is 10.0. The summed E-state index contributed by atoms with van der Waals surface area (Å²) in [5.41, 5.74) is 2.68. The minimum atomic E-state index is -0.576. The number of benzene rings is 1. The first kappa shape index (κ1) is 16.5. The van der Waals surface area contributed by atoms with Crippen molar-refractivity contribution >= 4 is 34.4 Å². The quantitative estimate of drug-likeness (QED) is 0.497. The van der Waals surface area contributed by atoms with Crippen LogP contribution in [-0.2, 0) is 4.74 Å². The van der Waals surface area contributed by atoms with Gasteiger partial charge in [0.2, 0.25) is 5.78 Å². The molecule has 0 atom stereocenters. The Labute approximate surface area is 147 Å². The number of thiazole rings is 1. The number of esters is 1. The van der Waals surface area contributed by atoms with E-state index < -0.39 is 5.97 Å². The number of carbonyl (C=O) groups is 2. The number of hydrogen-bond donors (Lipinski definition) is 0. The lowest BCUT2D eigenvalue weighted by molar-refractivity contribution is 0.0469. The van der Waals surface area contributed by atoms with Gasteiger partial charge in [0.05, 0.1) is 4.88 Å². The molecule has 6 heteroatoms. The molecule has 0 spiro atoms. The molecule has 0 aliphatic heterocycles. The molecule has 3 aromatic rings. The Bertz CT molecular complexity index is 882. The van der Waals surface area contributed by atoms with E-state index in [-0.39, 0.29) is 18.1 Å². The van der Waals surface area contributed by atoms with E-state index in [9.17, 15) is 9.59 Å². The molecule has 1 aromatic carbocycles. The molecular weight excluding hydrogens is 342 g/mol. The highest BCUT2D eigenvalue weighted by atomic mass is 32.1. The summed E-state index contributed by atoms with van der Waals surface area (Å²) in [5.74, 6) is -0.786. The first-order chi connectivity index (χ1) is 11.5. The van der Waals surface area contributed by atoms with Gasteiger partial charge in [-0.25, -0.2) is 9.78 Å². The van der Waals surface area contributed by atoms with Crippen LogP contribution in [-0.4, -0.2) is 23.3 Å². The number of aryl methyl sites for hydroxylation is 2. The largest absolute Gasteiger partial charge is 0.453 e. The fourth-order valence-corrected chi connectivity index (χ4v) is 3.80. The van der Waals surface area contributed by atoms with Crippen LogP contribution < -0.4 is 0 Å². The van der Waals surface area contributed by atoms with E-state index in [1.165, 1.54) is 11.3 Å². The minimum Gasteiger partial charge on any atom is -0.453 e. The van der Waals surface area contributed by atoms with E-state index in [1.54, 1.807) is 16.7 Å². The molecule has 4 nitrogen and oxygen atoms in total. The van der Waals surface area contributed by atoms with E-state index in [2.05, 4.69) is 4.98 Å². The van der Waals surface area contributed by atoms with Gasteiger partial charge in [-0.1, -0.05) is 23.8 Å². The van der Waals surface area contributed by atoms with E-state index in [1.807, 2.05) is 49.6 Å². The second kappa shape index (κ2) is 7.07. The third-order valence-corrected chi connectivity index (χ3v) is 5.35. The van der Waals surface area contributed by atoms with Crippen molar-refractivity contribution in [3.8, 4) is 9.88 Å². The van der Waals surface area contributed by atoms with Gasteiger partial charge in [0.25, 0.3) is 0 Å². The standard InChI is InChI=1S/C18H15NO3S2/c1-11-5-6-12(2)13(8-11)15(20)9-22-18(21)14-10-24-17(19-14)16-4-3-7-23-16/h3-8,10H,9H2,1-2H3. The van der Waals surface area contributed by atoms with Crippen molar-refractivity contribution in [3.63, 3.8) is 0 Å². The number of ketones is 1. The van der Waals surface area contributed by atoms with Crippen LogP contribution >= 0.6 is 22.7 Å². The SMILES string of the molecule is Cc1ccc(C)c(C(=O)COC(=O)c2csc(-c3cccs3)n2)c1. The van der Waals surface area contributed by atoms with Gasteiger partial charge in [0.1, 0.15) is 5.01 Å². The average molecular weight is 357 g/mol. The first-order valence-corrected chi connectivity index (χ1v) is 9.07. The minimum absolute atomic E-state index is 0.210. The summed E-state index contributed by atoms with van der Waals surface area (Å²) in [5, 5.41) is 4.38. The summed E-state index contributed by atoms with van der Waals surface area (Å²) in [6.45, 7) is 3.50. The zero-order chi connectivity index (χ0) is 17.1. The monoisotopic (exact) mass is 357 g/mol. The van der Waals surface area contributed by atoms with Crippen LogP contribution in [0.15, 0.2) is 41.1 Å². The van der Waals surface area contributed by atoms with Crippen LogP contribution in [0.25, 0.3) is 9.88 Å². The van der Waals surface area contributed by atoms with Crippen molar-refractivity contribution in [1.29, 1.82) is 0 Å². The first-order valence-electron chi connectivity index (χ1n) is 7.31. The van der Waals surface area contributed by atoms with Crippen molar-refractivity contribution in [1.82, 2.24) is 4.98 Å². The highest BCUT2D eigenvalue weighted by Gasteiger charge is 2.17. The third-order valence-electron chi connectivity index (χ3n) is 3.47. The van der Waals surface area contributed by atoms with E-state index in [0.29, 0.717) is 5.56 Å². The summed E-state index contributed by atoms with van der Waals surface area (Å²) in [7, 11) is 0. The zero-order valence-corrected chi connectivity index (χ0v) is 14.9. The van der Waals surface area contributed by atoms with Crippen molar-refractivity contribution < 1.29 is 14.3 Å². The van der Waals surface area contributed by atoms with Gasteiger partial charge >= 0.3 is 5.97 Å². The van der Waals surface area contributed by atoms with Gasteiger partial charge in [-0.15, -0.1) is 22.7 Å². The molecule has 122 valence electrons. The summed E-state index contributed by atoms with van der Waals surface area (Å²) in [4.78, 5) is 29.6. The van der Waals surface area contributed by atoms with Gasteiger partial charge < -0.3 is 4.74 Å². The maximum absolute atomic E-state index is 12.3. The smallest absolute Gasteiger partial charge is 0.358 e. The van der Waals surface area contributed by atoms with Crippen LogP contribution in [0, 0.1) is 13.8 Å². The number of aromatic nitrogens is 1. The van der Waals surface area contributed by atoms with Crippen LogP contribution in [0.4, 0.5) is 0 Å². The number of carbonyl (C=O) groups excluding carboxylic acids is 2. The molecule has 0 saturated heterocycles. The van der Waals surface area contributed by atoms with Gasteiger partial charge in [0.15, 0.2) is 12.3 Å². The Hall–Kier alpha value is -2.31. The predicted molar refractivity (Wildman–Crippen MR) is 96.0 cm³/mol. The Morgan fingerprint density at radius 2 is 2.00 bits per heavy atom. The molecule has 0 saturated carbocycles. The number of nitrogens with zero attached hydrogens (tertiary/aromatic N) is 1. The Kier molecular flexibility index (Phi) is 4.87. The predicted octanol–water partition coefficient (Wildman–Crippen LogP) is 4.53. The molecule has 3 rings (SSSR count). The molecule has 24 heavy (non-hydrogen) atoms. The van der Waals surface area contributed by atoms with Gasteiger partial charge in [0, 0.05) is 10.9 Å². The molecular formula is C18H15NO3S2. The van der Waals surface area contributed by atoms with Crippen LogP contribution in [0.3, 0.4) is 0 Å². The summed E-state index contributed by atoms with van der Waals surface area (Å²) < 4.78 is 5.13. The maximum Gasteiger partial charge on any atom is 0.358 e. The molecule has 0 aliphatic carbocycles. The van der Waals surface area contributed by atoms with Gasteiger partial charge in [-0.3, -0.25) is 4.79 Å². The van der Waals surface area contributed by atoms with Crippen LogP contribution in [0.5, 0.6) is 0 Å². The topological polar surface area (TPSA) is 56.3 Å². The lowest BCUT2D eigenvalue weighted by Gasteiger charge is -2.06. The summed E-state index contributed by atoms with van der Waals surface area (Å²) in [6.07, 6.45) is 0. The maximum atomic E-state index is 12.3. The Morgan fingerprint density at radius 1 is 1.17 bits per heavy atom. The van der Waals surface area contributed by atoms with Crippen molar-refractivity contribution in [2.45, 2.75) is 13.8 Å². The molecule has 0 unspecified atom stereocenters. The molecule has 2 aromatic heterocycles. The van der Waals surface area contributed by atoms with E-state index >= 15 is 0 Å². The highest BCUT2D eigenvalue weighted by Crippen LogP contribution is 2.28. The van der Waals surface area contributed by atoms with Crippen molar-refractivity contribution in [2.75, 3.05) is 6.61 Å². The second-order valence-electron chi connectivity index (χ2n) is 5.33. The highest BCUT2D eigenvalue weighted by molar-refractivity contribution is 7.20. The zero-order valence-electron chi connectivity index (χ0n) is 13.2. The molecule has 0 fully saturated rings. The number of hydrogen-bond acceptors (Lipinski definition) is 6. The van der Waals surface area contributed by atoms with Crippen molar-refractivity contribution in [2.24, 2.45) is 0 Å². The molecule has 2 heterocycles. The van der Waals surface area contributed by atoms with Gasteiger partial charge in [-0.05, 0) is 36.9 Å². The number of thiophene rings is 1. The summed E-state index contributed by atoms with van der Waals surface area (Å²) >= 11 is 2.95. The summed E-state index contributed by atoms with van der Waals surface area (Å²) in [6, 6.07) is 9.52. The fourth-order valence-electron chi connectivity index (χ4n) is 2.20. The number of ether oxygens (including phenoxy) is 1. The number of Topliss-reactive ketones (excluding diaryl/α,β-unsaturated/α-hetero) is 1. The molecule has 0 aliphatic rings. The molecule has 0 N–H and O–H groups in total. The molecule has 0 bridgehead atoms. The Morgan fingerprint density at radius 3 is 2.75 bits per heavy atom. The molecule has 0 amide bonds. The van der Waals surface area contributed by atoms with Crippen LogP contribution in [0.2, 0.25) is 0 Å². The normalized spacial score (nSPS) is 10.6.